The fraction of sp³-hybridized carbons (Fsp3) is 0.476. The number of aromatic nitrogens is 2. The molecule has 0 spiro atoms. The first-order valence-electron chi connectivity index (χ1n) is 9.45. The number of amides is 1. The van der Waals surface area contributed by atoms with Crippen LogP contribution < -0.4 is 15.2 Å². The minimum Gasteiger partial charge on any atom is -0.530 e. The molecule has 1 unspecified atom stereocenters. The Morgan fingerprint density at radius 2 is 1.87 bits per heavy atom. The van der Waals surface area contributed by atoms with Gasteiger partial charge in [-0.3, -0.25) is 0 Å². The lowest BCUT2D eigenvalue weighted by molar-refractivity contribution is -0.253. The number of carboxylic acid groups (broad SMARTS) is 1. The first kappa shape index (κ1) is 23.4. The van der Waals surface area contributed by atoms with Crippen LogP contribution in [0.5, 0.6) is 5.75 Å². The van der Waals surface area contributed by atoms with Crippen LogP contribution in [0.2, 0.25) is 0 Å². The van der Waals surface area contributed by atoms with Gasteiger partial charge in [0, 0.05) is 11.3 Å². The predicted molar refractivity (Wildman–Crippen MR) is 104 cm³/mol. The van der Waals surface area contributed by atoms with Crippen molar-refractivity contribution in [2.24, 2.45) is 5.92 Å². The Morgan fingerprint density at radius 3 is 2.40 bits per heavy atom. The minimum absolute atomic E-state index is 0.0826. The number of alkyl halides is 3. The zero-order chi connectivity index (χ0) is 22.7. The van der Waals surface area contributed by atoms with E-state index in [1.165, 1.54) is 12.1 Å². The van der Waals surface area contributed by atoms with E-state index >= 15 is 0 Å². The number of halogens is 3. The second-order valence-electron chi connectivity index (χ2n) is 8.01. The van der Waals surface area contributed by atoms with Crippen LogP contribution in [0.15, 0.2) is 24.3 Å². The van der Waals surface area contributed by atoms with E-state index in [9.17, 15) is 23.1 Å². The van der Waals surface area contributed by atoms with E-state index in [0.29, 0.717) is 23.6 Å². The number of hydrogen-bond acceptors (Lipinski definition) is 5. The molecule has 1 aromatic carbocycles. The highest BCUT2D eigenvalue weighted by molar-refractivity contribution is 5.64. The van der Waals surface area contributed by atoms with Crippen LogP contribution in [0.3, 0.4) is 0 Å². The zero-order valence-corrected chi connectivity index (χ0v) is 17.6. The van der Waals surface area contributed by atoms with Crippen molar-refractivity contribution in [2.75, 3.05) is 6.61 Å². The monoisotopic (exact) mass is 424 g/mol. The molecule has 0 saturated heterocycles. The molecule has 1 atom stereocenters. The Kier molecular flexibility index (Phi) is 6.95. The average Bonchev–Trinajstić information content (AvgIpc) is 2.56. The highest BCUT2D eigenvalue weighted by Crippen LogP contribution is 2.39. The summed E-state index contributed by atoms with van der Waals surface area (Å²) in [7, 11) is 0. The summed E-state index contributed by atoms with van der Waals surface area (Å²) in [4.78, 5) is 19.4. The van der Waals surface area contributed by atoms with Gasteiger partial charge in [-0.1, -0.05) is 13.8 Å². The lowest BCUT2D eigenvalue weighted by atomic mass is 9.91. The first-order chi connectivity index (χ1) is 13.8. The van der Waals surface area contributed by atoms with Crippen LogP contribution in [0.4, 0.5) is 18.0 Å². The number of carbonyl (C=O) groups excluding carboxylic acids is 1. The lowest BCUT2D eigenvalue weighted by Crippen LogP contribution is -2.55. The highest BCUT2D eigenvalue weighted by atomic mass is 19.4. The fourth-order valence-corrected chi connectivity index (χ4v) is 3.43. The van der Waals surface area contributed by atoms with Crippen molar-refractivity contribution in [1.29, 1.82) is 0 Å². The topological polar surface area (TPSA) is 87.2 Å². The number of rotatable bonds is 7. The Hall–Kier alpha value is -2.84. The molecule has 9 heteroatoms. The third-order valence-electron chi connectivity index (χ3n) is 4.36. The lowest BCUT2D eigenvalue weighted by Gasteiger charge is -2.34. The molecule has 6 nitrogen and oxygen atoms in total. The van der Waals surface area contributed by atoms with Crippen molar-refractivity contribution in [3.63, 3.8) is 0 Å². The summed E-state index contributed by atoms with van der Waals surface area (Å²) in [5, 5.41) is 13.3. The first-order valence-corrected chi connectivity index (χ1v) is 9.45. The molecular weight excluding hydrogens is 399 g/mol. The summed E-state index contributed by atoms with van der Waals surface area (Å²) < 4.78 is 46.6. The van der Waals surface area contributed by atoms with E-state index in [1.54, 1.807) is 26.8 Å². The van der Waals surface area contributed by atoms with Gasteiger partial charge < -0.3 is 20.0 Å². The summed E-state index contributed by atoms with van der Waals surface area (Å²) in [5.41, 5.74) is -0.769. The molecule has 0 aliphatic heterocycles. The van der Waals surface area contributed by atoms with Gasteiger partial charge in [0.05, 0.1) is 16.8 Å². The van der Waals surface area contributed by atoms with Crippen molar-refractivity contribution in [3.8, 4) is 17.0 Å². The SMILES string of the molecule is Cc1cc(-c2ccc(OCC(C)(CC(C)C)NC(=O)[O-])c(C(F)(F)F)c2)nc(C)n1. The molecule has 0 aliphatic rings. The van der Waals surface area contributed by atoms with Crippen LogP contribution in [0, 0.1) is 19.8 Å². The Labute approximate surface area is 173 Å². The summed E-state index contributed by atoms with van der Waals surface area (Å²) in [6, 6.07) is 5.28. The number of nitrogens with one attached hydrogen (secondary N) is 1. The molecule has 1 N–H and O–H groups in total. The average molecular weight is 424 g/mol. The van der Waals surface area contributed by atoms with Crippen LogP contribution in [-0.4, -0.2) is 28.2 Å². The molecule has 0 radical (unpaired) electrons. The standard InChI is InChI=1S/C21H26F3N3O3/c1-12(2)10-20(5,27-19(28)29)11-30-18-7-6-15(9-16(18)21(22,23)24)17-8-13(3)25-14(4)26-17/h6-9,12,27H,10-11H2,1-5H3,(H,28,29)/p-1. The van der Waals surface area contributed by atoms with Crippen molar-refractivity contribution >= 4 is 6.09 Å². The molecule has 2 rings (SSSR count). The van der Waals surface area contributed by atoms with Gasteiger partial charge in [-0.2, -0.15) is 13.2 Å². The number of nitrogens with zero attached hydrogens (tertiary/aromatic N) is 2. The van der Waals surface area contributed by atoms with Gasteiger partial charge in [0.2, 0.25) is 0 Å². The van der Waals surface area contributed by atoms with Crippen molar-refractivity contribution in [3.05, 3.63) is 41.3 Å². The van der Waals surface area contributed by atoms with Crippen LogP contribution in [0.25, 0.3) is 11.3 Å². The zero-order valence-electron chi connectivity index (χ0n) is 17.6. The van der Waals surface area contributed by atoms with E-state index in [-0.39, 0.29) is 23.8 Å². The molecule has 0 bridgehead atoms. The van der Waals surface area contributed by atoms with Gasteiger partial charge in [0.15, 0.2) is 0 Å². The second-order valence-corrected chi connectivity index (χ2v) is 8.01. The number of aryl methyl sites for hydroxylation is 2. The third-order valence-corrected chi connectivity index (χ3v) is 4.36. The molecule has 1 aromatic heterocycles. The van der Waals surface area contributed by atoms with E-state index in [4.69, 9.17) is 4.74 Å². The van der Waals surface area contributed by atoms with E-state index in [2.05, 4.69) is 15.3 Å². The van der Waals surface area contributed by atoms with E-state index in [1.807, 2.05) is 13.8 Å². The summed E-state index contributed by atoms with van der Waals surface area (Å²) in [6.07, 6.45) is -5.82. The molecule has 30 heavy (non-hydrogen) atoms. The maximum absolute atomic E-state index is 13.7. The molecule has 0 fully saturated rings. The second kappa shape index (κ2) is 8.89. The Bertz CT molecular complexity index is 896. The van der Waals surface area contributed by atoms with Crippen molar-refractivity contribution in [2.45, 2.75) is 52.8 Å². The fourth-order valence-electron chi connectivity index (χ4n) is 3.43. The molecule has 0 aliphatic carbocycles. The third kappa shape index (κ3) is 6.33. The maximum Gasteiger partial charge on any atom is 0.419 e. The molecule has 1 heterocycles. The molecular formula is C21H25F3N3O3-. The Morgan fingerprint density at radius 1 is 1.20 bits per heavy atom. The molecule has 0 saturated carbocycles. The summed E-state index contributed by atoms with van der Waals surface area (Å²) >= 11 is 0. The smallest absolute Gasteiger partial charge is 0.419 e. The van der Waals surface area contributed by atoms with Gasteiger partial charge in [-0.15, -0.1) is 0 Å². The number of benzene rings is 1. The minimum atomic E-state index is -4.67. The quantitative estimate of drug-likeness (QED) is 0.729. The summed E-state index contributed by atoms with van der Waals surface area (Å²) in [6.45, 7) is 8.43. The van der Waals surface area contributed by atoms with Crippen LogP contribution in [0.1, 0.15) is 44.3 Å². The van der Waals surface area contributed by atoms with E-state index in [0.717, 1.165) is 6.07 Å². The van der Waals surface area contributed by atoms with Gasteiger partial charge in [0.1, 0.15) is 24.3 Å². The number of carbonyl (C=O) groups is 1. The van der Waals surface area contributed by atoms with Crippen molar-refractivity contribution < 1.29 is 27.8 Å². The van der Waals surface area contributed by atoms with Gasteiger partial charge in [0.25, 0.3) is 0 Å². The molecule has 164 valence electrons. The molecule has 1 amide bonds. The van der Waals surface area contributed by atoms with Crippen LogP contribution in [-0.2, 0) is 6.18 Å². The normalized spacial score (nSPS) is 13.8. The van der Waals surface area contributed by atoms with Gasteiger partial charge in [-0.25, -0.2) is 9.97 Å². The molecule has 2 aromatic rings. The number of ether oxygens (including phenoxy) is 1. The van der Waals surface area contributed by atoms with Gasteiger partial charge in [-0.05, 0) is 57.4 Å². The predicted octanol–water partition coefficient (Wildman–Crippen LogP) is 3.90. The number of hydrogen-bond donors (Lipinski definition) is 1. The largest absolute Gasteiger partial charge is 0.530 e. The van der Waals surface area contributed by atoms with Gasteiger partial charge >= 0.3 is 6.18 Å². The maximum atomic E-state index is 13.7. The Balaban J connectivity index is 2.39. The van der Waals surface area contributed by atoms with Crippen molar-refractivity contribution in [1.82, 2.24) is 15.3 Å². The van der Waals surface area contributed by atoms with Crippen LogP contribution >= 0.6 is 0 Å². The van der Waals surface area contributed by atoms with E-state index < -0.39 is 23.4 Å². The highest BCUT2D eigenvalue weighted by Gasteiger charge is 2.36. The summed E-state index contributed by atoms with van der Waals surface area (Å²) in [5.74, 6) is 0.153.